The summed E-state index contributed by atoms with van der Waals surface area (Å²) in [5, 5.41) is 3.45. The monoisotopic (exact) mass is 302 g/mol. The van der Waals surface area contributed by atoms with E-state index in [0.29, 0.717) is 29.1 Å². The molecule has 0 aliphatic rings. The standard InChI is InChI=1S/C16H15ClN2O2/c17-13-6-1-11(2-7-13)3-10-15(20)19-14-8-4-12(5-9-14)16(18)21/h1-2,4-9H,3,10H2,(H2,18,21)(H,19,20). The normalized spacial score (nSPS) is 10.1. The summed E-state index contributed by atoms with van der Waals surface area (Å²) in [6, 6.07) is 13.9. The second kappa shape index (κ2) is 6.90. The molecule has 2 rings (SSSR count). The van der Waals surface area contributed by atoms with Gasteiger partial charge in [0.2, 0.25) is 11.8 Å². The first-order chi connectivity index (χ1) is 10.0. The van der Waals surface area contributed by atoms with Crippen molar-refractivity contribution in [2.75, 3.05) is 5.32 Å². The molecule has 4 nitrogen and oxygen atoms in total. The zero-order chi connectivity index (χ0) is 15.2. The summed E-state index contributed by atoms with van der Waals surface area (Å²) < 4.78 is 0. The van der Waals surface area contributed by atoms with Crippen molar-refractivity contribution in [1.29, 1.82) is 0 Å². The number of nitrogens with one attached hydrogen (secondary N) is 1. The highest BCUT2D eigenvalue weighted by Gasteiger charge is 2.05. The summed E-state index contributed by atoms with van der Waals surface area (Å²) in [4.78, 5) is 22.8. The largest absolute Gasteiger partial charge is 0.366 e. The molecular weight excluding hydrogens is 288 g/mol. The van der Waals surface area contributed by atoms with Gasteiger partial charge in [0, 0.05) is 22.7 Å². The minimum atomic E-state index is -0.490. The van der Waals surface area contributed by atoms with Gasteiger partial charge in [0.05, 0.1) is 0 Å². The van der Waals surface area contributed by atoms with E-state index in [2.05, 4.69) is 5.32 Å². The van der Waals surface area contributed by atoms with Gasteiger partial charge in [0.1, 0.15) is 0 Å². The van der Waals surface area contributed by atoms with Crippen LogP contribution in [0.15, 0.2) is 48.5 Å². The lowest BCUT2D eigenvalue weighted by atomic mass is 10.1. The van der Waals surface area contributed by atoms with Gasteiger partial charge in [0.25, 0.3) is 0 Å². The Balaban J connectivity index is 1.86. The molecule has 3 N–H and O–H groups in total. The predicted octanol–water partition coefficient (Wildman–Crippen LogP) is 3.01. The number of carbonyl (C=O) groups is 2. The molecule has 0 saturated heterocycles. The number of aryl methyl sites for hydroxylation is 1. The maximum atomic E-state index is 11.8. The maximum absolute atomic E-state index is 11.8. The smallest absolute Gasteiger partial charge is 0.248 e. The van der Waals surface area contributed by atoms with Crippen molar-refractivity contribution in [3.8, 4) is 0 Å². The molecule has 0 aliphatic carbocycles. The maximum Gasteiger partial charge on any atom is 0.248 e. The SMILES string of the molecule is NC(=O)c1ccc(NC(=O)CCc2ccc(Cl)cc2)cc1. The first-order valence-electron chi connectivity index (χ1n) is 6.49. The van der Waals surface area contributed by atoms with Gasteiger partial charge in [-0.15, -0.1) is 0 Å². The fourth-order valence-electron chi connectivity index (χ4n) is 1.85. The summed E-state index contributed by atoms with van der Waals surface area (Å²) in [6.45, 7) is 0. The van der Waals surface area contributed by atoms with Crippen LogP contribution in [0.2, 0.25) is 5.02 Å². The Morgan fingerprint density at radius 1 is 1.00 bits per heavy atom. The number of nitrogens with two attached hydrogens (primary N) is 1. The molecule has 0 saturated carbocycles. The van der Waals surface area contributed by atoms with E-state index in [1.54, 1.807) is 36.4 Å². The Labute approximate surface area is 127 Å². The first-order valence-corrected chi connectivity index (χ1v) is 6.86. The third-order valence-corrected chi connectivity index (χ3v) is 3.26. The fraction of sp³-hybridized carbons (Fsp3) is 0.125. The van der Waals surface area contributed by atoms with Crippen LogP contribution >= 0.6 is 11.6 Å². The second-order valence-electron chi connectivity index (χ2n) is 4.62. The third kappa shape index (κ3) is 4.61. The molecule has 21 heavy (non-hydrogen) atoms. The van der Waals surface area contributed by atoms with E-state index in [0.717, 1.165) is 5.56 Å². The highest BCUT2D eigenvalue weighted by atomic mass is 35.5. The molecule has 0 radical (unpaired) electrons. The molecule has 0 bridgehead atoms. The Bertz CT molecular complexity index is 636. The Morgan fingerprint density at radius 3 is 2.19 bits per heavy atom. The predicted molar refractivity (Wildman–Crippen MR) is 83.4 cm³/mol. The van der Waals surface area contributed by atoms with Crippen LogP contribution in [0.25, 0.3) is 0 Å². The molecule has 0 aliphatic heterocycles. The number of halogens is 1. The zero-order valence-corrected chi connectivity index (χ0v) is 12.1. The van der Waals surface area contributed by atoms with Gasteiger partial charge in [0.15, 0.2) is 0 Å². The minimum absolute atomic E-state index is 0.0863. The van der Waals surface area contributed by atoms with Gasteiger partial charge >= 0.3 is 0 Å². The van der Waals surface area contributed by atoms with Gasteiger partial charge in [-0.05, 0) is 48.4 Å². The average Bonchev–Trinajstić information content (AvgIpc) is 2.47. The molecular formula is C16H15ClN2O2. The molecule has 0 fully saturated rings. The van der Waals surface area contributed by atoms with Gasteiger partial charge in [-0.3, -0.25) is 9.59 Å². The quantitative estimate of drug-likeness (QED) is 0.891. The van der Waals surface area contributed by atoms with Crippen molar-refractivity contribution < 1.29 is 9.59 Å². The zero-order valence-electron chi connectivity index (χ0n) is 11.3. The Morgan fingerprint density at radius 2 is 1.62 bits per heavy atom. The highest BCUT2D eigenvalue weighted by molar-refractivity contribution is 6.30. The van der Waals surface area contributed by atoms with E-state index >= 15 is 0 Å². The molecule has 0 atom stereocenters. The van der Waals surface area contributed by atoms with Crippen LogP contribution in [0.3, 0.4) is 0 Å². The van der Waals surface area contributed by atoms with Crippen molar-refractivity contribution in [3.63, 3.8) is 0 Å². The number of hydrogen-bond acceptors (Lipinski definition) is 2. The van der Waals surface area contributed by atoms with E-state index in [-0.39, 0.29) is 5.91 Å². The van der Waals surface area contributed by atoms with Crippen molar-refractivity contribution in [2.24, 2.45) is 5.73 Å². The molecule has 108 valence electrons. The lowest BCUT2D eigenvalue weighted by molar-refractivity contribution is -0.116. The average molecular weight is 303 g/mol. The van der Waals surface area contributed by atoms with E-state index in [1.165, 1.54) is 0 Å². The van der Waals surface area contributed by atoms with Crippen molar-refractivity contribution in [3.05, 3.63) is 64.7 Å². The Kier molecular flexibility index (Phi) is 4.95. The van der Waals surface area contributed by atoms with Crippen LogP contribution < -0.4 is 11.1 Å². The third-order valence-electron chi connectivity index (χ3n) is 3.01. The minimum Gasteiger partial charge on any atom is -0.366 e. The number of rotatable bonds is 5. The Hall–Kier alpha value is -2.33. The molecule has 0 aromatic heterocycles. The summed E-state index contributed by atoms with van der Waals surface area (Å²) in [5.74, 6) is -0.576. The first kappa shape index (κ1) is 15.1. The highest BCUT2D eigenvalue weighted by Crippen LogP contribution is 2.13. The molecule has 2 aromatic carbocycles. The van der Waals surface area contributed by atoms with Gasteiger partial charge < -0.3 is 11.1 Å². The van der Waals surface area contributed by atoms with Gasteiger partial charge in [-0.2, -0.15) is 0 Å². The van der Waals surface area contributed by atoms with Crippen molar-refractivity contribution >= 4 is 29.1 Å². The lowest BCUT2D eigenvalue weighted by Gasteiger charge is -2.06. The number of amides is 2. The molecule has 2 amide bonds. The summed E-state index contributed by atoms with van der Waals surface area (Å²) in [7, 11) is 0. The van der Waals surface area contributed by atoms with E-state index in [1.807, 2.05) is 12.1 Å². The number of anilines is 1. The molecule has 0 spiro atoms. The summed E-state index contributed by atoms with van der Waals surface area (Å²) >= 11 is 5.80. The van der Waals surface area contributed by atoms with E-state index < -0.39 is 5.91 Å². The number of primary amides is 1. The van der Waals surface area contributed by atoms with E-state index in [9.17, 15) is 9.59 Å². The lowest BCUT2D eigenvalue weighted by Crippen LogP contribution is -2.13. The molecule has 0 heterocycles. The van der Waals surface area contributed by atoms with Crippen molar-refractivity contribution in [2.45, 2.75) is 12.8 Å². The molecule has 5 heteroatoms. The summed E-state index contributed by atoms with van der Waals surface area (Å²) in [6.07, 6.45) is 1.02. The molecule has 2 aromatic rings. The van der Waals surface area contributed by atoms with Gasteiger partial charge in [-0.25, -0.2) is 0 Å². The van der Waals surface area contributed by atoms with E-state index in [4.69, 9.17) is 17.3 Å². The van der Waals surface area contributed by atoms with Crippen LogP contribution in [0.4, 0.5) is 5.69 Å². The fourth-order valence-corrected chi connectivity index (χ4v) is 1.98. The van der Waals surface area contributed by atoms with Crippen molar-refractivity contribution in [1.82, 2.24) is 0 Å². The van der Waals surface area contributed by atoms with Crippen LogP contribution in [0.5, 0.6) is 0 Å². The number of benzene rings is 2. The number of carbonyl (C=O) groups excluding carboxylic acids is 2. The van der Waals surface area contributed by atoms with Crippen LogP contribution in [-0.2, 0) is 11.2 Å². The van der Waals surface area contributed by atoms with Crippen LogP contribution in [0, 0.1) is 0 Å². The van der Waals surface area contributed by atoms with Crippen LogP contribution in [0.1, 0.15) is 22.3 Å². The molecule has 0 unspecified atom stereocenters. The van der Waals surface area contributed by atoms with Crippen LogP contribution in [-0.4, -0.2) is 11.8 Å². The second-order valence-corrected chi connectivity index (χ2v) is 5.05. The number of hydrogen-bond donors (Lipinski definition) is 2. The van der Waals surface area contributed by atoms with Gasteiger partial charge in [-0.1, -0.05) is 23.7 Å². The summed E-state index contributed by atoms with van der Waals surface area (Å²) in [5.41, 5.74) is 7.26. The topological polar surface area (TPSA) is 72.2 Å².